The summed E-state index contributed by atoms with van der Waals surface area (Å²) in [5.74, 6) is 0. The first-order chi connectivity index (χ1) is 12.4. The summed E-state index contributed by atoms with van der Waals surface area (Å²) >= 11 is 0. The molecule has 0 aliphatic carbocycles. The monoisotopic (exact) mass is 336 g/mol. The highest BCUT2D eigenvalue weighted by molar-refractivity contribution is 5.36. The minimum absolute atomic E-state index is 0.560. The molecule has 0 spiro atoms. The van der Waals surface area contributed by atoms with Crippen LogP contribution in [0.1, 0.15) is 30.7 Å². The van der Waals surface area contributed by atoms with Crippen molar-refractivity contribution in [1.29, 1.82) is 0 Å². The first-order valence-corrected chi connectivity index (χ1v) is 9.01. The summed E-state index contributed by atoms with van der Waals surface area (Å²) in [6, 6.07) is 6.71. The molecule has 0 saturated carbocycles. The molecule has 0 unspecified atom stereocenters. The van der Waals surface area contributed by atoms with E-state index in [1.54, 1.807) is 0 Å². The molecule has 25 heavy (non-hydrogen) atoms. The predicted octanol–water partition coefficient (Wildman–Crippen LogP) is 2.27. The van der Waals surface area contributed by atoms with Crippen LogP contribution >= 0.6 is 0 Å². The van der Waals surface area contributed by atoms with Gasteiger partial charge < -0.3 is 5.32 Å². The number of hydrogen-bond donors (Lipinski definition) is 1. The fourth-order valence-corrected chi connectivity index (χ4v) is 3.60. The Morgan fingerprint density at radius 3 is 3.00 bits per heavy atom. The van der Waals surface area contributed by atoms with E-state index < -0.39 is 0 Å². The first kappa shape index (κ1) is 16.2. The Hall–Kier alpha value is -2.31. The van der Waals surface area contributed by atoms with Crippen LogP contribution < -0.4 is 5.32 Å². The van der Waals surface area contributed by atoms with Gasteiger partial charge in [-0.15, -0.1) is 0 Å². The molecule has 0 bridgehead atoms. The van der Waals surface area contributed by atoms with Gasteiger partial charge in [-0.1, -0.05) is 6.07 Å². The van der Waals surface area contributed by atoms with E-state index >= 15 is 0 Å². The quantitative estimate of drug-likeness (QED) is 0.774. The van der Waals surface area contributed by atoms with Gasteiger partial charge in [-0.2, -0.15) is 0 Å². The molecule has 1 fully saturated rings. The Balaban J connectivity index is 1.59. The maximum atomic E-state index is 4.54. The number of rotatable bonds is 5. The minimum atomic E-state index is 0.560. The Bertz CT molecular complexity index is 792. The van der Waals surface area contributed by atoms with Crippen LogP contribution in [0.5, 0.6) is 0 Å². The molecule has 0 amide bonds. The van der Waals surface area contributed by atoms with Gasteiger partial charge in [0.15, 0.2) is 5.65 Å². The standard InChI is InChI=1S/C19H24N6/c1-2-8-22-16(4-1)14-24(17-5-3-7-20-9-6-17)15-18-12-23-19-13-21-10-11-25(18)19/h1-2,4,8,10-13,17,20H,3,5-7,9,14-15H2/t17-/m1/s1. The summed E-state index contributed by atoms with van der Waals surface area (Å²) in [6.45, 7) is 3.94. The van der Waals surface area contributed by atoms with Crippen molar-refractivity contribution in [3.05, 3.63) is 60.6 Å². The van der Waals surface area contributed by atoms with Crippen molar-refractivity contribution in [1.82, 2.24) is 29.6 Å². The molecular weight excluding hydrogens is 312 g/mol. The fraction of sp³-hybridized carbons (Fsp3) is 0.421. The number of fused-ring (bicyclic) bond motifs is 1. The van der Waals surface area contributed by atoms with Gasteiger partial charge in [0.25, 0.3) is 0 Å². The molecule has 1 aliphatic heterocycles. The summed E-state index contributed by atoms with van der Waals surface area (Å²) in [4.78, 5) is 15.7. The molecule has 6 nitrogen and oxygen atoms in total. The zero-order valence-corrected chi connectivity index (χ0v) is 14.4. The number of hydrogen-bond acceptors (Lipinski definition) is 5. The third-order valence-electron chi connectivity index (χ3n) is 4.91. The largest absolute Gasteiger partial charge is 0.317 e. The normalized spacial score (nSPS) is 18.5. The van der Waals surface area contributed by atoms with Crippen LogP contribution in [0.25, 0.3) is 5.65 Å². The van der Waals surface area contributed by atoms with Crippen molar-refractivity contribution in [3.8, 4) is 0 Å². The number of nitrogens with one attached hydrogen (secondary N) is 1. The van der Waals surface area contributed by atoms with E-state index in [0.717, 1.165) is 37.5 Å². The highest BCUT2D eigenvalue weighted by Gasteiger charge is 2.22. The van der Waals surface area contributed by atoms with E-state index in [-0.39, 0.29) is 0 Å². The SMILES string of the molecule is c1ccc(CN(Cc2cnc3cnccn23)[C@@H]2CCCNCC2)nc1. The van der Waals surface area contributed by atoms with Crippen molar-refractivity contribution in [2.45, 2.75) is 38.4 Å². The van der Waals surface area contributed by atoms with Crippen LogP contribution in [0, 0.1) is 0 Å². The molecule has 3 aromatic heterocycles. The van der Waals surface area contributed by atoms with E-state index in [0.29, 0.717) is 6.04 Å². The van der Waals surface area contributed by atoms with Crippen molar-refractivity contribution < 1.29 is 0 Å². The lowest BCUT2D eigenvalue weighted by Gasteiger charge is -2.30. The molecule has 0 radical (unpaired) electrons. The van der Waals surface area contributed by atoms with E-state index in [4.69, 9.17) is 0 Å². The van der Waals surface area contributed by atoms with E-state index in [1.165, 1.54) is 25.0 Å². The molecule has 3 aromatic rings. The zero-order chi connectivity index (χ0) is 16.9. The number of imidazole rings is 1. The maximum Gasteiger partial charge on any atom is 0.155 e. The Morgan fingerprint density at radius 2 is 2.08 bits per heavy atom. The minimum Gasteiger partial charge on any atom is -0.317 e. The molecular formula is C19H24N6. The summed E-state index contributed by atoms with van der Waals surface area (Å²) < 4.78 is 2.13. The van der Waals surface area contributed by atoms with Gasteiger partial charge in [0.1, 0.15) is 0 Å². The smallest absolute Gasteiger partial charge is 0.155 e. The second-order valence-corrected chi connectivity index (χ2v) is 6.61. The highest BCUT2D eigenvalue weighted by atomic mass is 15.2. The lowest BCUT2D eigenvalue weighted by Crippen LogP contribution is -2.35. The topological polar surface area (TPSA) is 58.4 Å². The fourth-order valence-electron chi connectivity index (χ4n) is 3.60. The van der Waals surface area contributed by atoms with Crippen molar-refractivity contribution >= 4 is 5.65 Å². The average molecular weight is 336 g/mol. The lowest BCUT2D eigenvalue weighted by atomic mass is 10.1. The first-order valence-electron chi connectivity index (χ1n) is 9.01. The summed E-state index contributed by atoms with van der Waals surface area (Å²) in [5, 5.41) is 3.52. The van der Waals surface area contributed by atoms with Gasteiger partial charge in [0.05, 0.1) is 23.8 Å². The van der Waals surface area contributed by atoms with E-state index in [9.17, 15) is 0 Å². The summed E-state index contributed by atoms with van der Waals surface area (Å²) in [7, 11) is 0. The molecule has 1 atom stereocenters. The Kier molecular flexibility index (Phi) is 4.99. The van der Waals surface area contributed by atoms with Crippen LogP contribution in [0.2, 0.25) is 0 Å². The van der Waals surface area contributed by atoms with Gasteiger partial charge >= 0.3 is 0 Å². The third kappa shape index (κ3) is 3.86. The predicted molar refractivity (Wildman–Crippen MR) is 97.0 cm³/mol. The molecule has 1 N–H and O–H groups in total. The van der Waals surface area contributed by atoms with Crippen LogP contribution in [0.4, 0.5) is 0 Å². The molecule has 130 valence electrons. The van der Waals surface area contributed by atoms with Crippen molar-refractivity contribution in [3.63, 3.8) is 0 Å². The second kappa shape index (κ2) is 7.72. The Morgan fingerprint density at radius 1 is 1.08 bits per heavy atom. The zero-order valence-electron chi connectivity index (χ0n) is 14.4. The average Bonchev–Trinajstić information content (AvgIpc) is 2.88. The van der Waals surface area contributed by atoms with Gasteiger partial charge in [-0.05, 0) is 44.5 Å². The van der Waals surface area contributed by atoms with Crippen molar-refractivity contribution in [2.75, 3.05) is 13.1 Å². The van der Waals surface area contributed by atoms with Gasteiger partial charge in [-0.25, -0.2) is 4.98 Å². The number of aromatic nitrogens is 4. The van der Waals surface area contributed by atoms with E-state index in [2.05, 4.69) is 41.7 Å². The molecule has 6 heteroatoms. The highest BCUT2D eigenvalue weighted by Crippen LogP contribution is 2.19. The molecule has 1 aliphatic rings. The maximum absolute atomic E-state index is 4.54. The summed E-state index contributed by atoms with van der Waals surface area (Å²) in [5.41, 5.74) is 3.22. The Labute approximate surface area is 147 Å². The lowest BCUT2D eigenvalue weighted by molar-refractivity contribution is 0.160. The van der Waals surface area contributed by atoms with Crippen LogP contribution in [-0.4, -0.2) is 43.4 Å². The van der Waals surface area contributed by atoms with Gasteiger partial charge in [0, 0.05) is 37.7 Å². The van der Waals surface area contributed by atoms with Gasteiger partial charge in [0.2, 0.25) is 0 Å². The number of pyridine rings is 1. The molecule has 1 saturated heterocycles. The molecule has 4 heterocycles. The van der Waals surface area contributed by atoms with Gasteiger partial charge in [-0.3, -0.25) is 19.3 Å². The summed E-state index contributed by atoms with van der Waals surface area (Å²) in [6.07, 6.45) is 13.1. The third-order valence-corrected chi connectivity index (χ3v) is 4.91. The van der Waals surface area contributed by atoms with Crippen LogP contribution in [0.3, 0.4) is 0 Å². The second-order valence-electron chi connectivity index (χ2n) is 6.61. The van der Waals surface area contributed by atoms with E-state index in [1.807, 2.05) is 37.1 Å². The molecule has 4 rings (SSSR count). The number of nitrogens with zero attached hydrogens (tertiary/aromatic N) is 5. The molecule has 0 aromatic carbocycles. The van der Waals surface area contributed by atoms with Crippen LogP contribution in [0.15, 0.2) is 49.2 Å². The van der Waals surface area contributed by atoms with Crippen LogP contribution in [-0.2, 0) is 13.1 Å². The van der Waals surface area contributed by atoms with Crippen molar-refractivity contribution in [2.24, 2.45) is 0 Å².